The number of rotatable bonds is 1. The van der Waals surface area contributed by atoms with Crippen molar-refractivity contribution in [3.63, 3.8) is 0 Å². The highest BCUT2D eigenvalue weighted by atomic mass is 16.3. The second-order valence-corrected chi connectivity index (χ2v) is 15.2. The van der Waals surface area contributed by atoms with Crippen LogP contribution in [0.2, 0.25) is 0 Å². The van der Waals surface area contributed by atoms with Crippen LogP contribution in [0.3, 0.4) is 0 Å². The molecule has 5 aliphatic carbocycles. The first-order valence-electron chi connectivity index (χ1n) is 13.8. The lowest BCUT2D eigenvalue weighted by Gasteiger charge is -2.70. The van der Waals surface area contributed by atoms with E-state index in [1.807, 2.05) is 0 Å². The van der Waals surface area contributed by atoms with Crippen molar-refractivity contribution >= 4 is 0 Å². The lowest BCUT2D eigenvalue weighted by Crippen LogP contribution is -2.63. The van der Waals surface area contributed by atoms with E-state index in [-0.39, 0.29) is 27.8 Å². The van der Waals surface area contributed by atoms with Gasteiger partial charge in [-0.15, -0.1) is 0 Å². The molecule has 0 aromatic heterocycles. The first kappa shape index (κ1) is 23.4. The van der Waals surface area contributed by atoms with Gasteiger partial charge < -0.3 is 10.2 Å². The Hall–Kier alpha value is -0.340. The maximum atomic E-state index is 10.9. The van der Waals surface area contributed by atoms with Crippen molar-refractivity contribution in [1.29, 1.82) is 0 Å². The summed E-state index contributed by atoms with van der Waals surface area (Å²) >= 11 is 0. The van der Waals surface area contributed by atoms with E-state index in [9.17, 15) is 10.2 Å². The molecule has 2 N–H and O–H groups in total. The molecule has 0 bridgehead atoms. The number of fused-ring (bicyclic) bond motifs is 7. The van der Waals surface area contributed by atoms with Gasteiger partial charge in [0, 0.05) is 12.0 Å². The quantitative estimate of drug-likeness (QED) is 0.424. The maximum absolute atomic E-state index is 10.9. The highest BCUT2D eigenvalue weighted by molar-refractivity contribution is 5.35. The summed E-state index contributed by atoms with van der Waals surface area (Å²) in [7, 11) is 0. The molecule has 4 saturated carbocycles. The van der Waals surface area contributed by atoms with Crippen LogP contribution in [0.5, 0.6) is 0 Å². The fourth-order valence-corrected chi connectivity index (χ4v) is 10.9. The van der Waals surface area contributed by atoms with Crippen molar-refractivity contribution in [2.24, 2.45) is 50.2 Å². The fraction of sp³-hybridized carbons (Fsp3) is 0.933. The lowest BCUT2D eigenvalue weighted by molar-refractivity contribution is -0.186. The Morgan fingerprint density at radius 1 is 0.781 bits per heavy atom. The van der Waals surface area contributed by atoms with Crippen LogP contribution < -0.4 is 0 Å². The molecule has 2 nitrogen and oxygen atoms in total. The molecule has 5 rings (SSSR count). The Bertz CT molecular complexity index is 810. The monoisotopic (exact) mass is 442 g/mol. The molecule has 0 amide bonds. The average Bonchev–Trinajstić information content (AvgIpc) is 2.71. The van der Waals surface area contributed by atoms with Crippen LogP contribution in [0.4, 0.5) is 0 Å². The summed E-state index contributed by atoms with van der Waals surface area (Å²) in [5, 5.41) is 21.6. The van der Waals surface area contributed by atoms with Crippen molar-refractivity contribution < 1.29 is 10.2 Å². The second-order valence-electron chi connectivity index (χ2n) is 15.2. The Balaban J connectivity index is 1.57. The van der Waals surface area contributed by atoms with Crippen LogP contribution in [0.25, 0.3) is 0 Å². The molecule has 0 heterocycles. The van der Waals surface area contributed by atoms with Gasteiger partial charge in [-0.25, -0.2) is 0 Å². The Labute approximate surface area is 197 Å². The third-order valence-corrected chi connectivity index (χ3v) is 12.8. The van der Waals surface area contributed by atoms with Crippen molar-refractivity contribution in [1.82, 2.24) is 0 Å². The molecule has 0 radical (unpaired) electrons. The number of aliphatic hydroxyl groups excluding tert-OH is 2. The predicted octanol–water partition coefficient (Wildman–Crippen LogP) is 7.14. The normalized spacial score (nSPS) is 53.8. The topological polar surface area (TPSA) is 40.5 Å². The van der Waals surface area contributed by atoms with Gasteiger partial charge in [-0.1, -0.05) is 60.1 Å². The predicted molar refractivity (Wildman–Crippen MR) is 132 cm³/mol. The number of hydrogen-bond donors (Lipinski definition) is 2. The van der Waals surface area contributed by atoms with E-state index in [4.69, 9.17) is 0 Å². The second kappa shape index (κ2) is 6.87. The van der Waals surface area contributed by atoms with Crippen LogP contribution in [-0.4, -0.2) is 22.9 Å². The zero-order chi connectivity index (χ0) is 23.4. The van der Waals surface area contributed by atoms with Crippen LogP contribution >= 0.6 is 0 Å². The molecule has 5 aliphatic rings. The Kier molecular flexibility index (Phi) is 5.02. The summed E-state index contributed by atoms with van der Waals surface area (Å²) in [4.78, 5) is 0. The zero-order valence-corrected chi connectivity index (χ0v) is 22.1. The van der Waals surface area contributed by atoms with Gasteiger partial charge in [0.25, 0.3) is 0 Å². The summed E-state index contributed by atoms with van der Waals surface area (Å²) in [5.74, 6) is 1.95. The summed E-state index contributed by atoms with van der Waals surface area (Å²) in [5.41, 5.74) is 3.13. The largest absolute Gasteiger partial charge is 0.396 e. The van der Waals surface area contributed by atoms with Gasteiger partial charge in [-0.2, -0.15) is 0 Å². The molecule has 2 heteroatoms. The highest BCUT2D eigenvalue weighted by Gasteiger charge is 2.67. The van der Waals surface area contributed by atoms with Crippen molar-refractivity contribution in [3.05, 3.63) is 11.6 Å². The molecule has 8 atom stereocenters. The van der Waals surface area contributed by atoms with Crippen LogP contribution in [0, 0.1) is 50.2 Å². The number of aliphatic hydroxyl groups is 2. The molecule has 182 valence electrons. The lowest BCUT2D eigenvalue weighted by atomic mass is 9.34. The first-order chi connectivity index (χ1) is 14.8. The third-order valence-electron chi connectivity index (χ3n) is 12.8. The van der Waals surface area contributed by atoms with Gasteiger partial charge in [0.2, 0.25) is 0 Å². The summed E-state index contributed by atoms with van der Waals surface area (Å²) < 4.78 is 0. The van der Waals surface area contributed by atoms with Gasteiger partial charge >= 0.3 is 0 Å². The van der Waals surface area contributed by atoms with E-state index >= 15 is 0 Å². The minimum atomic E-state index is -0.151. The van der Waals surface area contributed by atoms with Gasteiger partial charge in [-0.05, 0) is 109 Å². The maximum Gasteiger partial charge on any atom is 0.0594 e. The number of hydrogen-bond acceptors (Lipinski definition) is 2. The van der Waals surface area contributed by atoms with Gasteiger partial charge in [0.05, 0.1) is 6.10 Å². The molecule has 0 aliphatic heterocycles. The zero-order valence-electron chi connectivity index (χ0n) is 22.1. The molecular weight excluding hydrogens is 392 g/mol. The van der Waals surface area contributed by atoms with Crippen LogP contribution in [-0.2, 0) is 0 Å². The highest BCUT2D eigenvalue weighted by Crippen LogP contribution is 2.74. The SMILES string of the molecule is CC1(C)CC[C@]2(CO)CC=C3[C@]4(C)CCC5C(C)(C)C(O)CC[C@]5(C)C4CC[C@@]3(C)C2C1. The minimum Gasteiger partial charge on any atom is -0.396 e. The van der Waals surface area contributed by atoms with Gasteiger partial charge in [0.15, 0.2) is 0 Å². The molecule has 0 aromatic carbocycles. The molecule has 0 aromatic rings. The molecule has 32 heavy (non-hydrogen) atoms. The Morgan fingerprint density at radius 3 is 2.06 bits per heavy atom. The van der Waals surface area contributed by atoms with Crippen molar-refractivity contribution in [3.8, 4) is 0 Å². The number of allylic oxidation sites excluding steroid dienone is 2. The molecular formula is C30H50O2. The smallest absolute Gasteiger partial charge is 0.0594 e. The average molecular weight is 443 g/mol. The minimum absolute atomic E-state index is 0.0233. The molecule has 0 saturated heterocycles. The van der Waals surface area contributed by atoms with E-state index in [2.05, 4.69) is 54.5 Å². The molecule has 4 fully saturated rings. The molecule has 0 spiro atoms. The van der Waals surface area contributed by atoms with E-state index in [1.54, 1.807) is 5.57 Å². The van der Waals surface area contributed by atoms with E-state index in [1.165, 1.54) is 51.4 Å². The summed E-state index contributed by atoms with van der Waals surface area (Å²) in [6, 6.07) is 0. The van der Waals surface area contributed by atoms with Crippen LogP contribution in [0.1, 0.15) is 113 Å². The first-order valence-corrected chi connectivity index (χ1v) is 13.8. The van der Waals surface area contributed by atoms with E-state index < -0.39 is 0 Å². The van der Waals surface area contributed by atoms with Crippen molar-refractivity contribution in [2.75, 3.05) is 6.61 Å². The Morgan fingerprint density at radius 2 is 1.41 bits per heavy atom. The molecule has 4 unspecified atom stereocenters. The van der Waals surface area contributed by atoms with E-state index in [0.29, 0.717) is 29.3 Å². The fourth-order valence-electron chi connectivity index (χ4n) is 10.9. The summed E-state index contributed by atoms with van der Waals surface area (Å²) in [6.45, 7) is 17.8. The third kappa shape index (κ3) is 2.84. The van der Waals surface area contributed by atoms with Gasteiger partial charge in [-0.3, -0.25) is 0 Å². The van der Waals surface area contributed by atoms with Crippen LogP contribution in [0.15, 0.2) is 11.6 Å². The summed E-state index contributed by atoms with van der Waals surface area (Å²) in [6.07, 6.45) is 14.6. The standard InChI is InChI=1S/C30H50O2/c1-25(2)16-17-30(19-31)15-10-22-28(6)12-8-20-26(3,4)24(32)11-14-27(20,5)21(28)9-13-29(22,7)23(30)18-25/h10,20-21,23-24,31-32H,8-9,11-19H2,1-7H3/t20?,21?,23?,24?,27-,28+,29+,30-/m0/s1. The van der Waals surface area contributed by atoms with E-state index in [0.717, 1.165) is 18.8 Å². The van der Waals surface area contributed by atoms with Gasteiger partial charge in [0.1, 0.15) is 0 Å². The van der Waals surface area contributed by atoms with Crippen molar-refractivity contribution in [2.45, 2.75) is 119 Å².